The molecule has 2 aromatic carbocycles. The molecule has 0 aliphatic rings. The second kappa shape index (κ2) is 9.21. The molecule has 0 aliphatic carbocycles. The van der Waals surface area contributed by atoms with Gasteiger partial charge in [0.25, 0.3) is 0 Å². The van der Waals surface area contributed by atoms with Gasteiger partial charge in [-0.2, -0.15) is 5.26 Å². The van der Waals surface area contributed by atoms with E-state index in [0.717, 1.165) is 11.1 Å². The van der Waals surface area contributed by atoms with Crippen LogP contribution in [-0.2, 0) is 17.8 Å². The lowest BCUT2D eigenvalue weighted by atomic mass is 10.1. The number of carbonyl (C=O) groups is 1. The van der Waals surface area contributed by atoms with E-state index in [0.29, 0.717) is 31.1 Å². The highest BCUT2D eigenvalue weighted by atomic mass is 16.5. The lowest BCUT2D eigenvalue weighted by Gasteiger charge is -2.15. The number of hydrogen-bond acceptors (Lipinski definition) is 4. The van der Waals surface area contributed by atoms with Crippen LogP contribution in [0.1, 0.15) is 17.5 Å². The Morgan fingerprint density at radius 2 is 1.96 bits per heavy atom. The van der Waals surface area contributed by atoms with E-state index in [9.17, 15) is 4.79 Å². The first-order chi connectivity index (χ1) is 11.7. The van der Waals surface area contributed by atoms with Gasteiger partial charge in [-0.1, -0.05) is 42.5 Å². The molecule has 0 spiro atoms. The third kappa shape index (κ3) is 5.03. The van der Waals surface area contributed by atoms with Gasteiger partial charge in [0.1, 0.15) is 13.0 Å². The topological polar surface area (TPSA) is 71.3 Å². The van der Waals surface area contributed by atoms with Gasteiger partial charge in [-0.25, -0.2) is 0 Å². The number of amides is 1. The van der Waals surface area contributed by atoms with E-state index in [-0.39, 0.29) is 12.3 Å². The quantitative estimate of drug-likeness (QED) is 0.810. The molecule has 124 valence electrons. The van der Waals surface area contributed by atoms with Crippen LogP contribution in [0.2, 0.25) is 0 Å². The third-order valence-corrected chi connectivity index (χ3v) is 3.46. The van der Waals surface area contributed by atoms with E-state index in [1.54, 1.807) is 7.11 Å². The van der Waals surface area contributed by atoms with Gasteiger partial charge in [0.05, 0.1) is 13.2 Å². The fourth-order valence-electron chi connectivity index (χ4n) is 2.28. The van der Waals surface area contributed by atoms with Crippen molar-refractivity contribution < 1.29 is 14.3 Å². The molecule has 0 saturated heterocycles. The minimum absolute atomic E-state index is 0.129. The molecule has 5 nitrogen and oxygen atoms in total. The average Bonchev–Trinajstić information content (AvgIpc) is 2.61. The number of ether oxygens (including phenoxy) is 2. The number of hydrogen-bond donors (Lipinski definition) is 1. The first-order valence-electron chi connectivity index (χ1n) is 7.71. The Labute approximate surface area is 141 Å². The van der Waals surface area contributed by atoms with Crippen molar-refractivity contribution in [1.29, 1.82) is 5.26 Å². The molecular weight excluding hydrogens is 304 g/mol. The van der Waals surface area contributed by atoms with E-state index in [2.05, 4.69) is 5.32 Å². The van der Waals surface area contributed by atoms with E-state index in [1.165, 1.54) is 0 Å². The zero-order valence-corrected chi connectivity index (χ0v) is 13.6. The Morgan fingerprint density at radius 3 is 2.67 bits per heavy atom. The van der Waals surface area contributed by atoms with Crippen LogP contribution < -0.4 is 14.8 Å². The minimum Gasteiger partial charge on any atom is -0.493 e. The van der Waals surface area contributed by atoms with Crippen molar-refractivity contribution in [2.45, 2.75) is 19.4 Å². The fourth-order valence-corrected chi connectivity index (χ4v) is 2.28. The Morgan fingerprint density at radius 1 is 1.17 bits per heavy atom. The molecule has 0 bridgehead atoms. The lowest BCUT2D eigenvalue weighted by Crippen LogP contribution is -2.25. The molecule has 1 N–H and O–H groups in total. The zero-order valence-electron chi connectivity index (χ0n) is 13.6. The minimum atomic E-state index is -0.271. The van der Waals surface area contributed by atoms with Crippen molar-refractivity contribution in [3.63, 3.8) is 0 Å². The van der Waals surface area contributed by atoms with E-state index in [1.807, 2.05) is 54.6 Å². The fraction of sp³-hybridized carbons (Fsp3) is 0.263. The molecule has 0 aliphatic heterocycles. The Balaban J connectivity index is 2.04. The van der Waals surface area contributed by atoms with Crippen molar-refractivity contribution in [2.24, 2.45) is 0 Å². The van der Waals surface area contributed by atoms with Gasteiger partial charge < -0.3 is 14.8 Å². The number of para-hydroxylation sites is 1. The summed E-state index contributed by atoms with van der Waals surface area (Å²) in [7, 11) is 1.60. The molecular formula is C19H20N2O3. The standard InChI is InChI=1S/C19H20N2O3/c1-23-17-9-5-8-16(11-13-21-18(22)10-12-20)19(17)24-14-15-6-3-2-4-7-15/h2-9H,10-11,13-14H2,1H3,(H,21,22). The SMILES string of the molecule is COc1cccc(CCNC(=O)CC#N)c1OCc1ccccc1. The molecule has 5 heteroatoms. The Bertz CT molecular complexity index is 708. The molecule has 0 heterocycles. The zero-order chi connectivity index (χ0) is 17.2. The number of nitrogens with one attached hydrogen (secondary N) is 1. The summed E-state index contributed by atoms with van der Waals surface area (Å²) in [6.07, 6.45) is 0.466. The molecule has 24 heavy (non-hydrogen) atoms. The van der Waals surface area contributed by atoms with Gasteiger partial charge in [-0.3, -0.25) is 4.79 Å². The van der Waals surface area contributed by atoms with Crippen LogP contribution in [0.25, 0.3) is 0 Å². The largest absolute Gasteiger partial charge is 0.493 e. The third-order valence-electron chi connectivity index (χ3n) is 3.46. The monoisotopic (exact) mass is 324 g/mol. The van der Waals surface area contributed by atoms with Crippen molar-refractivity contribution >= 4 is 5.91 Å². The van der Waals surface area contributed by atoms with E-state index >= 15 is 0 Å². The van der Waals surface area contributed by atoms with Crippen LogP contribution in [0.15, 0.2) is 48.5 Å². The number of rotatable bonds is 8. The van der Waals surface area contributed by atoms with E-state index in [4.69, 9.17) is 14.7 Å². The van der Waals surface area contributed by atoms with Crippen molar-refractivity contribution in [1.82, 2.24) is 5.32 Å². The van der Waals surface area contributed by atoms with Crippen LogP contribution in [-0.4, -0.2) is 19.6 Å². The number of benzene rings is 2. The van der Waals surface area contributed by atoms with Gasteiger partial charge in [0.2, 0.25) is 5.91 Å². The van der Waals surface area contributed by atoms with Crippen LogP contribution >= 0.6 is 0 Å². The highest BCUT2D eigenvalue weighted by Crippen LogP contribution is 2.32. The van der Waals surface area contributed by atoms with Crippen molar-refractivity contribution in [3.05, 3.63) is 59.7 Å². The summed E-state index contributed by atoms with van der Waals surface area (Å²) in [4.78, 5) is 11.4. The van der Waals surface area contributed by atoms with Gasteiger partial charge in [0.15, 0.2) is 11.5 Å². The Kier molecular flexibility index (Phi) is 6.66. The average molecular weight is 324 g/mol. The normalized spacial score (nSPS) is 9.83. The molecule has 2 aromatic rings. The maximum Gasteiger partial charge on any atom is 0.234 e. The second-order valence-electron chi connectivity index (χ2n) is 5.16. The molecule has 0 saturated carbocycles. The van der Waals surface area contributed by atoms with Crippen molar-refractivity contribution in [2.75, 3.05) is 13.7 Å². The molecule has 0 radical (unpaired) electrons. The molecule has 2 rings (SSSR count). The maximum atomic E-state index is 11.4. The first kappa shape index (κ1) is 17.4. The molecule has 0 aromatic heterocycles. The number of methoxy groups -OCH3 is 1. The molecule has 0 atom stereocenters. The van der Waals surface area contributed by atoms with Crippen LogP contribution in [0, 0.1) is 11.3 Å². The summed E-state index contributed by atoms with van der Waals surface area (Å²) in [5.74, 6) is 1.07. The van der Waals surface area contributed by atoms with Crippen LogP contribution in [0.5, 0.6) is 11.5 Å². The van der Waals surface area contributed by atoms with E-state index < -0.39 is 0 Å². The summed E-state index contributed by atoms with van der Waals surface area (Å²) < 4.78 is 11.3. The summed E-state index contributed by atoms with van der Waals surface area (Å²) in [5.41, 5.74) is 2.01. The molecule has 1 amide bonds. The second-order valence-corrected chi connectivity index (χ2v) is 5.16. The van der Waals surface area contributed by atoms with Gasteiger partial charge in [-0.05, 0) is 23.6 Å². The highest BCUT2D eigenvalue weighted by Gasteiger charge is 2.11. The summed E-state index contributed by atoms with van der Waals surface area (Å²) in [5, 5.41) is 11.2. The van der Waals surface area contributed by atoms with Crippen molar-refractivity contribution in [3.8, 4) is 17.6 Å². The summed E-state index contributed by atoms with van der Waals surface area (Å²) >= 11 is 0. The van der Waals surface area contributed by atoms with Gasteiger partial charge in [0, 0.05) is 6.54 Å². The Hall–Kier alpha value is -3.00. The van der Waals surface area contributed by atoms with Gasteiger partial charge in [-0.15, -0.1) is 0 Å². The smallest absolute Gasteiger partial charge is 0.234 e. The lowest BCUT2D eigenvalue weighted by molar-refractivity contribution is -0.120. The highest BCUT2D eigenvalue weighted by molar-refractivity contribution is 5.77. The molecule has 0 unspecified atom stereocenters. The number of carbonyl (C=O) groups excluding carboxylic acids is 1. The maximum absolute atomic E-state index is 11.4. The van der Waals surface area contributed by atoms with Crippen LogP contribution in [0.3, 0.4) is 0 Å². The predicted octanol–water partition coefficient (Wildman–Crippen LogP) is 2.85. The van der Waals surface area contributed by atoms with Crippen LogP contribution in [0.4, 0.5) is 0 Å². The first-order valence-corrected chi connectivity index (χ1v) is 7.71. The molecule has 0 fully saturated rings. The summed E-state index contributed by atoms with van der Waals surface area (Å²) in [6.45, 7) is 0.879. The summed E-state index contributed by atoms with van der Waals surface area (Å²) in [6, 6.07) is 17.4. The predicted molar refractivity (Wildman–Crippen MR) is 90.7 cm³/mol. The number of nitrogens with zero attached hydrogens (tertiary/aromatic N) is 1. The number of nitriles is 1. The van der Waals surface area contributed by atoms with Gasteiger partial charge >= 0.3 is 0 Å².